The number of nitrogens with zero attached hydrogens (tertiary/aromatic N) is 3. The van der Waals surface area contributed by atoms with Crippen LogP contribution in [0.25, 0.3) is 0 Å². The third kappa shape index (κ3) is 4.57. The number of aryl methyl sites for hydroxylation is 1. The van der Waals surface area contributed by atoms with Crippen LogP contribution in [0.4, 0.5) is 0 Å². The Morgan fingerprint density at radius 2 is 2.07 bits per heavy atom. The van der Waals surface area contributed by atoms with Crippen LogP contribution in [0.2, 0.25) is 0 Å². The van der Waals surface area contributed by atoms with E-state index < -0.39 is 0 Å². The number of thiazole rings is 1. The van der Waals surface area contributed by atoms with Crippen molar-refractivity contribution in [3.8, 4) is 5.75 Å². The topological polar surface area (TPSA) is 48.8 Å². The van der Waals surface area contributed by atoms with Crippen LogP contribution in [0.3, 0.4) is 0 Å². The Morgan fingerprint density at radius 1 is 1.25 bits per heavy atom. The normalized spacial score (nSPS) is 23.2. The second-order valence-electron chi connectivity index (χ2n) is 8.53. The van der Waals surface area contributed by atoms with Crippen LogP contribution in [0.15, 0.2) is 29.8 Å². The second kappa shape index (κ2) is 8.49. The van der Waals surface area contributed by atoms with E-state index in [0.717, 1.165) is 69.3 Å². The lowest BCUT2D eigenvalue weighted by molar-refractivity contribution is -0.0447. The smallest absolute Gasteiger partial charge is 0.122 e. The zero-order chi connectivity index (χ0) is 19.6. The maximum absolute atomic E-state index is 10.5. The summed E-state index contributed by atoms with van der Waals surface area (Å²) >= 11 is 1.71. The van der Waals surface area contributed by atoms with Crippen molar-refractivity contribution in [3.05, 3.63) is 45.9 Å². The van der Waals surface area contributed by atoms with Crippen LogP contribution in [-0.4, -0.2) is 59.3 Å². The van der Waals surface area contributed by atoms with E-state index in [0.29, 0.717) is 0 Å². The standard InChI is InChI=1S/C22H31N3O2S/c1-17-3-4-18(11-20(17)27-2)13-24-8-5-22(6-9-24)12-19(26)14-25(16-22)15-21-23-7-10-28-21/h3-4,7,10-11,19,26H,5-6,8-9,12-16H2,1-2H3. The molecule has 3 heterocycles. The van der Waals surface area contributed by atoms with E-state index in [1.807, 2.05) is 11.6 Å². The molecule has 6 heteroatoms. The van der Waals surface area contributed by atoms with Crippen molar-refractivity contribution >= 4 is 11.3 Å². The Bertz CT molecular complexity index is 772. The molecule has 1 spiro atoms. The van der Waals surface area contributed by atoms with E-state index >= 15 is 0 Å². The highest BCUT2D eigenvalue weighted by Gasteiger charge is 2.41. The van der Waals surface area contributed by atoms with Gasteiger partial charge in [-0.05, 0) is 61.9 Å². The molecule has 4 rings (SSSR count). The van der Waals surface area contributed by atoms with E-state index in [-0.39, 0.29) is 11.5 Å². The lowest BCUT2D eigenvalue weighted by Crippen LogP contribution is -2.53. The third-order valence-corrected chi connectivity index (χ3v) is 7.10. The van der Waals surface area contributed by atoms with E-state index in [1.54, 1.807) is 18.4 Å². The van der Waals surface area contributed by atoms with Crippen molar-refractivity contribution in [3.63, 3.8) is 0 Å². The maximum Gasteiger partial charge on any atom is 0.122 e. The van der Waals surface area contributed by atoms with Gasteiger partial charge in [-0.25, -0.2) is 4.98 Å². The Balaban J connectivity index is 1.35. The molecule has 1 aromatic carbocycles. The monoisotopic (exact) mass is 401 g/mol. The summed E-state index contributed by atoms with van der Waals surface area (Å²) in [5.74, 6) is 0.971. The van der Waals surface area contributed by atoms with Crippen LogP contribution in [0, 0.1) is 12.3 Å². The van der Waals surface area contributed by atoms with Gasteiger partial charge in [0.1, 0.15) is 10.8 Å². The highest BCUT2D eigenvalue weighted by molar-refractivity contribution is 7.09. The van der Waals surface area contributed by atoms with Crippen molar-refractivity contribution in [1.29, 1.82) is 0 Å². The van der Waals surface area contributed by atoms with Crippen LogP contribution < -0.4 is 4.74 Å². The third-order valence-electron chi connectivity index (χ3n) is 6.33. The predicted octanol–water partition coefficient (Wildman–Crippen LogP) is 3.31. The van der Waals surface area contributed by atoms with Gasteiger partial charge >= 0.3 is 0 Å². The van der Waals surface area contributed by atoms with Crippen molar-refractivity contribution < 1.29 is 9.84 Å². The Kier molecular flexibility index (Phi) is 6.01. The first-order chi connectivity index (χ1) is 13.5. The number of aliphatic hydroxyl groups excluding tert-OH is 1. The molecule has 2 aliphatic rings. The minimum atomic E-state index is -0.221. The minimum absolute atomic E-state index is 0.221. The largest absolute Gasteiger partial charge is 0.496 e. The Hall–Kier alpha value is -1.47. The van der Waals surface area contributed by atoms with Crippen LogP contribution >= 0.6 is 11.3 Å². The number of likely N-dealkylation sites (tertiary alicyclic amines) is 2. The molecular weight excluding hydrogens is 370 g/mol. The van der Waals surface area contributed by atoms with Gasteiger partial charge in [-0.3, -0.25) is 9.80 Å². The van der Waals surface area contributed by atoms with Gasteiger partial charge in [0.05, 0.1) is 19.8 Å². The number of methoxy groups -OCH3 is 1. The summed E-state index contributed by atoms with van der Waals surface area (Å²) in [7, 11) is 1.74. The summed E-state index contributed by atoms with van der Waals surface area (Å²) in [6.45, 7) is 7.95. The van der Waals surface area contributed by atoms with Crippen molar-refractivity contribution in [2.45, 2.75) is 45.4 Å². The number of aromatic nitrogens is 1. The molecule has 2 aliphatic heterocycles. The maximum atomic E-state index is 10.5. The van der Waals surface area contributed by atoms with Crippen LogP contribution in [-0.2, 0) is 13.1 Å². The quantitative estimate of drug-likeness (QED) is 0.833. The number of hydrogen-bond donors (Lipinski definition) is 1. The molecule has 152 valence electrons. The molecule has 0 bridgehead atoms. The summed E-state index contributed by atoms with van der Waals surface area (Å²) in [6, 6.07) is 6.52. The molecule has 0 radical (unpaired) electrons. The number of hydrogen-bond acceptors (Lipinski definition) is 6. The summed E-state index contributed by atoms with van der Waals surface area (Å²) in [4.78, 5) is 9.38. The lowest BCUT2D eigenvalue weighted by Gasteiger charge is -2.49. The van der Waals surface area contributed by atoms with Crippen LogP contribution in [0.5, 0.6) is 5.75 Å². The number of aliphatic hydroxyl groups is 1. The summed E-state index contributed by atoms with van der Waals surface area (Å²) in [5.41, 5.74) is 2.74. The fourth-order valence-electron chi connectivity index (χ4n) is 4.88. The predicted molar refractivity (Wildman–Crippen MR) is 113 cm³/mol. The van der Waals surface area contributed by atoms with Crippen molar-refractivity contribution in [2.75, 3.05) is 33.3 Å². The van der Waals surface area contributed by atoms with Crippen molar-refractivity contribution in [2.24, 2.45) is 5.41 Å². The van der Waals surface area contributed by atoms with Gasteiger partial charge in [0.15, 0.2) is 0 Å². The van der Waals surface area contributed by atoms with Gasteiger partial charge in [-0.1, -0.05) is 12.1 Å². The molecule has 0 aliphatic carbocycles. The van der Waals surface area contributed by atoms with Gasteiger partial charge in [0, 0.05) is 31.2 Å². The molecule has 28 heavy (non-hydrogen) atoms. The molecule has 2 fully saturated rings. The first-order valence-corrected chi connectivity index (χ1v) is 11.1. The highest BCUT2D eigenvalue weighted by Crippen LogP contribution is 2.40. The molecular formula is C22H31N3O2S. The first-order valence-electron chi connectivity index (χ1n) is 10.2. The van der Waals surface area contributed by atoms with Gasteiger partial charge in [-0.2, -0.15) is 0 Å². The van der Waals surface area contributed by atoms with E-state index in [9.17, 15) is 5.11 Å². The van der Waals surface area contributed by atoms with Gasteiger partial charge in [-0.15, -0.1) is 11.3 Å². The number of β-amino-alcohol motifs (C(OH)–C–C–N with tert-alkyl or cyclic N) is 1. The van der Waals surface area contributed by atoms with Crippen molar-refractivity contribution in [1.82, 2.24) is 14.8 Å². The zero-order valence-electron chi connectivity index (χ0n) is 16.9. The van der Waals surface area contributed by atoms with Gasteiger partial charge in [0.2, 0.25) is 0 Å². The van der Waals surface area contributed by atoms with E-state index in [2.05, 4.69) is 39.9 Å². The number of ether oxygens (including phenoxy) is 1. The van der Waals surface area contributed by atoms with E-state index in [4.69, 9.17) is 4.74 Å². The summed E-state index contributed by atoms with van der Waals surface area (Å²) in [6.07, 6.45) is 4.90. The van der Waals surface area contributed by atoms with E-state index in [1.165, 1.54) is 11.1 Å². The SMILES string of the molecule is COc1cc(CN2CCC3(CC2)CC(O)CN(Cc2nccs2)C3)ccc1C. The molecule has 1 unspecified atom stereocenters. The molecule has 2 aromatic rings. The van der Waals surface area contributed by atoms with Crippen LogP contribution in [0.1, 0.15) is 35.4 Å². The highest BCUT2D eigenvalue weighted by atomic mass is 32.1. The molecule has 1 atom stereocenters. The first kappa shape index (κ1) is 19.8. The lowest BCUT2D eigenvalue weighted by atomic mass is 9.71. The molecule has 2 saturated heterocycles. The van der Waals surface area contributed by atoms with Gasteiger partial charge < -0.3 is 9.84 Å². The molecule has 1 N–H and O–H groups in total. The second-order valence-corrected chi connectivity index (χ2v) is 9.51. The summed E-state index contributed by atoms with van der Waals surface area (Å²) < 4.78 is 5.48. The minimum Gasteiger partial charge on any atom is -0.496 e. The molecule has 1 aromatic heterocycles. The fourth-order valence-corrected chi connectivity index (χ4v) is 5.53. The van der Waals surface area contributed by atoms with Gasteiger partial charge in [0.25, 0.3) is 0 Å². The number of benzene rings is 1. The Labute approximate surface area is 172 Å². The average molecular weight is 402 g/mol. The molecule has 5 nitrogen and oxygen atoms in total. The molecule has 0 amide bonds. The fraction of sp³-hybridized carbons (Fsp3) is 0.591. The number of piperidine rings is 2. The zero-order valence-corrected chi connectivity index (χ0v) is 17.7. The summed E-state index contributed by atoms with van der Waals surface area (Å²) in [5, 5.41) is 13.7. The average Bonchev–Trinajstić information content (AvgIpc) is 3.18. The Morgan fingerprint density at radius 3 is 2.79 bits per heavy atom. The number of rotatable bonds is 5. The molecule has 0 saturated carbocycles.